The number of alkyl halides is 3. The van der Waals surface area contributed by atoms with Crippen LogP contribution in [0.5, 0.6) is 0 Å². The van der Waals surface area contributed by atoms with Gasteiger partial charge in [0.25, 0.3) is 0 Å². The van der Waals surface area contributed by atoms with Crippen LogP contribution in [0.4, 0.5) is 13.2 Å². The van der Waals surface area contributed by atoms with Crippen molar-refractivity contribution in [1.29, 1.82) is 0 Å². The molecule has 7 nitrogen and oxygen atoms in total. The summed E-state index contributed by atoms with van der Waals surface area (Å²) in [6.45, 7) is -0.267. The third-order valence-electron chi connectivity index (χ3n) is 7.15. The standard InChI is InChI=1S/C22H26F3N5O2S/c23-22(24,25)16-2-1-9-30(11-16)33(31,32)12-14-3-5-15(6-4-14)20-19-17-7-8-26-21(17)27-10-18(19)28-13-29-20/h7-8,10,13-16H,1-6,9,11-12H2,(H,28,29). The molecule has 5 rings (SSSR count). The van der Waals surface area contributed by atoms with Crippen molar-refractivity contribution in [1.82, 2.24) is 24.2 Å². The van der Waals surface area contributed by atoms with Gasteiger partial charge in [0.2, 0.25) is 10.0 Å². The summed E-state index contributed by atoms with van der Waals surface area (Å²) in [6, 6.07) is 1.93. The number of rotatable bonds is 4. The van der Waals surface area contributed by atoms with Crippen LogP contribution in [0.1, 0.15) is 50.1 Å². The first-order chi connectivity index (χ1) is 15.7. The molecule has 178 valence electrons. The molecule has 1 aliphatic carbocycles. The SMILES string of the molecule is O=S(=O)(CC1CCC(c2[nH]cnc3cnc4nccc4c23)CC1)N1CCCC(C(F)(F)F)C1. The Bertz CT molecular complexity index is 1250. The second-order valence-corrected chi connectivity index (χ2v) is 11.3. The minimum absolute atomic E-state index is 0.00128. The lowest BCUT2D eigenvalue weighted by molar-refractivity contribution is -0.182. The molecule has 1 aliphatic heterocycles. The maximum Gasteiger partial charge on any atom is 0.393 e. The highest BCUT2D eigenvalue weighted by Gasteiger charge is 2.44. The molecule has 1 atom stereocenters. The molecule has 3 aromatic heterocycles. The first kappa shape index (κ1) is 22.5. The summed E-state index contributed by atoms with van der Waals surface area (Å²) < 4.78 is 66.2. The zero-order valence-corrected chi connectivity index (χ0v) is 18.9. The monoisotopic (exact) mass is 481 g/mol. The molecule has 1 unspecified atom stereocenters. The van der Waals surface area contributed by atoms with Crippen LogP contribution in [-0.4, -0.2) is 57.7 Å². The number of sulfonamides is 1. The molecule has 0 aromatic carbocycles. The van der Waals surface area contributed by atoms with E-state index in [1.54, 1.807) is 18.7 Å². The van der Waals surface area contributed by atoms with E-state index >= 15 is 0 Å². The highest BCUT2D eigenvalue weighted by Crippen LogP contribution is 2.40. The molecule has 0 radical (unpaired) electrons. The van der Waals surface area contributed by atoms with Gasteiger partial charge >= 0.3 is 6.18 Å². The van der Waals surface area contributed by atoms with E-state index in [9.17, 15) is 21.6 Å². The van der Waals surface area contributed by atoms with Gasteiger partial charge in [0.1, 0.15) is 0 Å². The second-order valence-electron chi connectivity index (χ2n) is 9.25. The lowest BCUT2D eigenvalue weighted by atomic mass is 9.80. The Morgan fingerprint density at radius 2 is 1.88 bits per heavy atom. The van der Waals surface area contributed by atoms with E-state index in [-0.39, 0.29) is 37.0 Å². The van der Waals surface area contributed by atoms with Gasteiger partial charge in [0.15, 0.2) is 5.65 Å². The van der Waals surface area contributed by atoms with Crippen LogP contribution in [0, 0.1) is 11.8 Å². The Kier molecular flexibility index (Phi) is 5.80. The number of piperidine rings is 1. The van der Waals surface area contributed by atoms with Crippen molar-refractivity contribution in [3.8, 4) is 0 Å². The molecule has 3 aromatic rings. The molecule has 1 N–H and O–H groups in total. The number of nitrogens with zero attached hydrogens (tertiary/aromatic N) is 4. The normalized spacial score (nSPS) is 25.6. The topological polar surface area (TPSA) is 91.8 Å². The van der Waals surface area contributed by atoms with Gasteiger partial charge in [0, 0.05) is 35.8 Å². The average molecular weight is 482 g/mol. The highest BCUT2D eigenvalue weighted by molar-refractivity contribution is 7.89. The smallest absolute Gasteiger partial charge is 0.349 e. The summed E-state index contributed by atoms with van der Waals surface area (Å²) in [5, 5.41) is 1.95. The molecule has 2 aliphatic rings. The highest BCUT2D eigenvalue weighted by atomic mass is 32.2. The molecule has 0 amide bonds. The van der Waals surface area contributed by atoms with Gasteiger partial charge in [-0.05, 0) is 56.4 Å². The third kappa shape index (κ3) is 4.44. The van der Waals surface area contributed by atoms with E-state index in [1.807, 2.05) is 6.07 Å². The van der Waals surface area contributed by atoms with Gasteiger partial charge < -0.3 is 4.98 Å². The summed E-state index contributed by atoms with van der Waals surface area (Å²) in [4.78, 5) is 16.3. The van der Waals surface area contributed by atoms with Gasteiger partial charge in [-0.3, -0.25) is 0 Å². The fourth-order valence-corrected chi connectivity index (χ4v) is 7.33. The first-order valence-electron chi connectivity index (χ1n) is 11.3. The summed E-state index contributed by atoms with van der Waals surface area (Å²) in [5.74, 6) is -1.47. The van der Waals surface area contributed by atoms with E-state index in [0.29, 0.717) is 18.5 Å². The lowest BCUT2D eigenvalue weighted by Gasteiger charge is -2.35. The van der Waals surface area contributed by atoms with E-state index in [4.69, 9.17) is 0 Å². The molecular formula is C22H26F3N5O2S. The Morgan fingerprint density at radius 1 is 1.09 bits per heavy atom. The predicted octanol–water partition coefficient (Wildman–Crippen LogP) is 4.38. The molecule has 1 saturated carbocycles. The minimum Gasteiger partial charge on any atom is -0.349 e. The number of nitrogens with one attached hydrogen (secondary N) is 1. The third-order valence-corrected chi connectivity index (χ3v) is 9.16. The van der Waals surface area contributed by atoms with Gasteiger partial charge in [-0.15, -0.1) is 0 Å². The van der Waals surface area contributed by atoms with Crippen LogP contribution in [-0.2, 0) is 10.0 Å². The van der Waals surface area contributed by atoms with Crippen LogP contribution >= 0.6 is 0 Å². The largest absolute Gasteiger partial charge is 0.393 e. The first-order valence-corrected chi connectivity index (χ1v) is 12.9. The van der Waals surface area contributed by atoms with Crippen LogP contribution in [0.3, 0.4) is 0 Å². The minimum atomic E-state index is -4.35. The van der Waals surface area contributed by atoms with E-state index in [2.05, 4.69) is 19.9 Å². The van der Waals surface area contributed by atoms with Gasteiger partial charge in [-0.2, -0.15) is 13.2 Å². The van der Waals surface area contributed by atoms with Crippen molar-refractivity contribution in [2.45, 2.75) is 50.6 Å². The zero-order valence-electron chi connectivity index (χ0n) is 18.1. The predicted molar refractivity (Wildman–Crippen MR) is 118 cm³/mol. The maximum absolute atomic E-state index is 13.1. The number of H-pyrrole nitrogens is 1. The van der Waals surface area contributed by atoms with Crippen molar-refractivity contribution < 1.29 is 21.6 Å². The summed E-state index contributed by atoms with van der Waals surface area (Å²) in [7, 11) is -3.72. The summed E-state index contributed by atoms with van der Waals surface area (Å²) >= 11 is 0. The van der Waals surface area contributed by atoms with Gasteiger partial charge in [-0.1, -0.05) is 0 Å². The Hall–Kier alpha value is -2.27. The van der Waals surface area contributed by atoms with E-state index in [1.165, 1.54) is 0 Å². The van der Waals surface area contributed by atoms with Crippen molar-refractivity contribution in [3.05, 3.63) is 30.5 Å². The Labute approximate surface area is 189 Å². The van der Waals surface area contributed by atoms with E-state index < -0.39 is 28.7 Å². The number of pyridine rings is 1. The summed E-state index contributed by atoms with van der Waals surface area (Å²) in [5.41, 5.74) is 2.52. The number of halogens is 3. The van der Waals surface area contributed by atoms with Crippen molar-refractivity contribution in [2.24, 2.45) is 11.8 Å². The molecule has 2 fully saturated rings. The fraction of sp³-hybridized carbons (Fsp3) is 0.591. The molecule has 33 heavy (non-hydrogen) atoms. The number of aromatic amines is 1. The van der Waals surface area contributed by atoms with Gasteiger partial charge in [-0.25, -0.2) is 27.7 Å². The summed E-state index contributed by atoms with van der Waals surface area (Å²) in [6.07, 6.45) is 4.03. The van der Waals surface area contributed by atoms with E-state index in [0.717, 1.165) is 39.1 Å². The molecule has 4 heterocycles. The fourth-order valence-electron chi connectivity index (χ4n) is 5.38. The quantitative estimate of drug-likeness (QED) is 0.597. The number of hydrogen-bond donors (Lipinski definition) is 1. The van der Waals surface area contributed by atoms with Crippen molar-refractivity contribution in [3.63, 3.8) is 0 Å². The van der Waals surface area contributed by atoms with Crippen LogP contribution < -0.4 is 0 Å². The molecule has 1 saturated heterocycles. The van der Waals surface area contributed by atoms with Crippen LogP contribution in [0.2, 0.25) is 0 Å². The Morgan fingerprint density at radius 3 is 2.64 bits per heavy atom. The Balaban J connectivity index is 1.28. The average Bonchev–Trinajstić information content (AvgIpc) is 3.28. The second kappa shape index (κ2) is 8.50. The van der Waals surface area contributed by atoms with Crippen molar-refractivity contribution >= 4 is 32.0 Å². The van der Waals surface area contributed by atoms with Crippen molar-refractivity contribution in [2.75, 3.05) is 18.8 Å². The number of fused-ring (bicyclic) bond motifs is 3. The number of aromatic nitrogens is 4. The van der Waals surface area contributed by atoms with Crippen LogP contribution in [0.15, 0.2) is 24.8 Å². The number of hydrogen-bond acceptors (Lipinski definition) is 5. The van der Waals surface area contributed by atoms with Crippen LogP contribution in [0.25, 0.3) is 21.9 Å². The zero-order chi connectivity index (χ0) is 23.2. The van der Waals surface area contributed by atoms with Gasteiger partial charge in [0.05, 0.1) is 29.7 Å². The lowest BCUT2D eigenvalue weighted by Crippen LogP contribution is -2.46. The molecule has 0 bridgehead atoms. The molecular weight excluding hydrogens is 455 g/mol. The maximum atomic E-state index is 13.1. The molecule has 11 heteroatoms. The molecule has 0 spiro atoms.